The van der Waals surface area contributed by atoms with E-state index in [4.69, 9.17) is 4.43 Å². The molecule has 0 bridgehead atoms. The number of hydrazine groups is 3. The molecule has 0 amide bonds. The van der Waals surface area contributed by atoms with Gasteiger partial charge in [0.25, 0.3) is 0 Å². The fourth-order valence-corrected chi connectivity index (χ4v) is 4.34. The van der Waals surface area contributed by atoms with E-state index in [1.165, 1.54) is 37.7 Å². The molecule has 0 aliphatic carbocycles. The zero-order valence-corrected chi connectivity index (χ0v) is 18.2. The number of aryl methyl sites for hydroxylation is 1. The summed E-state index contributed by atoms with van der Waals surface area (Å²) in [4.78, 5) is 0. The van der Waals surface area contributed by atoms with Crippen molar-refractivity contribution in [3.05, 3.63) is 35.9 Å². The van der Waals surface area contributed by atoms with Gasteiger partial charge in [-0.2, -0.15) is 11.1 Å². The Morgan fingerprint density at radius 1 is 0.962 bits per heavy atom. The van der Waals surface area contributed by atoms with Gasteiger partial charge in [-0.15, -0.1) is 0 Å². The van der Waals surface area contributed by atoms with Gasteiger partial charge in [0.15, 0.2) is 8.32 Å². The Kier molecular flexibility index (Phi) is 8.26. The van der Waals surface area contributed by atoms with E-state index in [1.807, 2.05) is 0 Å². The molecule has 0 spiro atoms. The summed E-state index contributed by atoms with van der Waals surface area (Å²) >= 11 is 0. The highest BCUT2D eigenvalue weighted by atomic mass is 28.4. The van der Waals surface area contributed by atoms with Crippen LogP contribution in [-0.2, 0) is 10.8 Å². The van der Waals surface area contributed by atoms with Crippen molar-refractivity contribution in [2.45, 2.75) is 89.7 Å². The standard InChI is InChI=1S/C20H38N4OSi/c1-20(2,3)26(4,5)25-18(19-21-23-24-22-19)16-12-7-6-9-13-17-14-10-8-11-15-17/h8,10-11,14-15,18-19,21-24H,6-7,9,12-13,16H2,1-5H3. The molecule has 0 aromatic heterocycles. The van der Waals surface area contributed by atoms with Crippen molar-refractivity contribution in [1.82, 2.24) is 21.9 Å². The molecule has 1 aromatic rings. The predicted octanol–water partition coefficient (Wildman–Crippen LogP) is 4.01. The molecule has 0 radical (unpaired) electrons. The average Bonchev–Trinajstić information content (AvgIpc) is 3.11. The van der Waals surface area contributed by atoms with Crippen LogP contribution in [0.4, 0.5) is 0 Å². The summed E-state index contributed by atoms with van der Waals surface area (Å²) in [7, 11) is -1.79. The van der Waals surface area contributed by atoms with Gasteiger partial charge in [-0.1, -0.05) is 70.4 Å². The Bertz CT molecular complexity index is 512. The molecular weight excluding hydrogens is 340 g/mol. The molecular formula is C20H38N4OSi. The molecule has 1 unspecified atom stereocenters. The van der Waals surface area contributed by atoms with E-state index in [2.05, 4.69) is 86.1 Å². The van der Waals surface area contributed by atoms with Crippen molar-refractivity contribution in [3.8, 4) is 0 Å². The van der Waals surface area contributed by atoms with E-state index in [9.17, 15) is 0 Å². The summed E-state index contributed by atoms with van der Waals surface area (Å²) in [6, 6.07) is 10.8. The Morgan fingerprint density at radius 3 is 2.19 bits per heavy atom. The number of benzene rings is 1. The van der Waals surface area contributed by atoms with E-state index >= 15 is 0 Å². The molecule has 1 fully saturated rings. The highest BCUT2D eigenvalue weighted by Crippen LogP contribution is 2.38. The van der Waals surface area contributed by atoms with Crippen LogP contribution in [0.25, 0.3) is 0 Å². The number of hydrogen-bond donors (Lipinski definition) is 4. The fraction of sp³-hybridized carbons (Fsp3) is 0.700. The van der Waals surface area contributed by atoms with Crippen molar-refractivity contribution in [3.63, 3.8) is 0 Å². The van der Waals surface area contributed by atoms with Crippen molar-refractivity contribution in [2.24, 2.45) is 0 Å². The van der Waals surface area contributed by atoms with Gasteiger partial charge in [0.05, 0.1) is 6.10 Å². The molecule has 1 aromatic carbocycles. The van der Waals surface area contributed by atoms with Gasteiger partial charge in [0.2, 0.25) is 0 Å². The third kappa shape index (κ3) is 6.76. The summed E-state index contributed by atoms with van der Waals surface area (Å²) in [6.07, 6.45) is 7.55. The lowest BCUT2D eigenvalue weighted by Crippen LogP contribution is -2.53. The van der Waals surface area contributed by atoms with E-state index in [1.54, 1.807) is 0 Å². The minimum Gasteiger partial charge on any atom is -0.411 e. The third-order valence-electron chi connectivity index (χ3n) is 5.69. The van der Waals surface area contributed by atoms with E-state index in [0.29, 0.717) is 0 Å². The Hall–Kier alpha value is -0.763. The summed E-state index contributed by atoms with van der Waals surface area (Å²) in [5.41, 5.74) is 13.8. The monoisotopic (exact) mass is 378 g/mol. The van der Waals surface area contributed by atoms with Crippen molar-refractivity contribution < 1.29 is 4.43 Å². The lowest BCUT2D eigenvalue weighted by molar-refractivity contribution is 0.119. The first-order chi connectivity index (χ1) is 12.3. The molecule has 1 saturated heterocycles. The van der Waals surface area contributed by atoms with Crippen LogP contribution in [-0.4, -0.2) is 20.6 Å². The second kappa shape index (κ2) is 9.97. The first-order valence-electron chi connectivity index (χ1n) is 10.0. The van der Waals surface area contributed by atoms with E-state index in [-0.39, 0.29) is 17.3 Å². The van der Waals surface area contributed by atoms with Gasteiger partial charge in [-0.3, -0.25) is 0 Å². The van der Waals surface area contributed by atoms with Crippen LogP contribution in [0.15, 0.2) is 30.3 Å². The third-order valence-corrected chi connectivity index (χ3v) is 10.2. The van der Waals surface area contributed by atoms with Gasteiger partial charge >= 0.3 is 0 Å². The van der Waals surface area contributed by atoms with Gasteiger partial charge in [-0.25, -0.2) is 10.9 Å². The first kappa shape index (κ1) is 21.5. The molecule has 0 saturated carbocycles. The maximum Gasteiger partial charge on any atom is 0.192 e. The fourth-order valence-electron chi connectivity index (χ4n) is 2.97. The molecule has 6 heteroatoms. The summed E-state index contributed by atoms with van der Waals surface area (Å²) in [5.74, 6) is 0. The minimum absolute atomic E-state index is 0.105. The maximum absolute atomic E-state index is 6.70. The lowest BCUT2D eigenvalue weighted by Gasteiger charge is -2.40. The van der Waals surface area contributed by atoms with E-state index in [0.717, 1.165) is 6.42 Å². The molecule has 4 N–H and O–H groups in total. The van der Waals surface area contributed by atoms with Gasteiger partial charge < -0.3 is 4.43 Å². The van der Waals surface area contributed by atoms with Crippen LogP contribution in [0.3, 0.4) is 0 Å². The molecule has 1 aliphatic rings. The topological polar surface area (TPSA) is 57.4 Å². The Labute approximate surface area is 160 Å². The van der Waals surface area contributed by atoms with E-state index < -0.39 is 8.32 Å². The number of rotatable bonds is 10. The quantitative estimate of drug-likeness (QED) is 0.366. The van der Waals surface area contributed by atoms with Crippen LogP contribution in [0.2, 0.25) is 18.1 Å². The average molecular weight is 379 g/mol. The predicted molar refractivity (Wildman–Crippen MR) is 112 cm³/mol. The van der Waals surface area contributed by atoms with Gasteiger partial charge in [0.1, 0.15) is 6.17 Å². The molecule has 1 heterocycles. The van der Waals surface area contributed by atoms with Gasteiger partial charge in [0, 0.05) is 0 Å². The van der Waals surface area contributed by atoms with Crippen LogP contribution >= 0.6 is 0 Å². The maximum atomic E-state index is 6.70. The van der Waals surface area contributed by atoms with Crippen LogP contribution < -0.4 is 21.9 Å². The van der Waals surface area contributed by atoms with Crippen LogP contribution in [0.5, 0.6) is 0 Å². The van der Waals surface area contributed by atoms with Crippen molar-refractivity contribution in [2.75, 3.05) is 0 Å². The summed E-state index contributed by atoms with van der Waals surface area (Å²) in [5, 5.41) is 0.223. The second-order valence-electron chi connectivity index (χ2n) is 8.87. The largest absolute Gasteiger partial charge is 0.411 e. The highest BCUT2D eigenvalue weighted by Gasteiger charge is 2.41. The molecule has 1 aliphatic heterocycles. The first-order valence-corrected chi connectivity index (χ1v) is 12.9. The van der Waals surface area contributed by atoms with Gasteiger partial charge in [-0.05, 0) is 43.0 Å². The van der Waals surface area contributed by atoms with Crippen molar-refractivity contribution in [1.29, 1.82) is 0 Å². The SMILES string of the molecule is CC(C)(C)[Si](C)(C)OC(CCCCCCc1ccccc1)C1NNNN1. The minimum atomic E-state index is -1.79. The zero-order chi connectivity index (χ0) is 19.0. The van der Waals surface area contributed by atoms with Crippen LogP contribution in [0.1, 0.15) is 58.4 Å². The number of hydrogen-bond acceptors (Lipinski definition) is 5. The molecule has 5 nitrogen and oxygen atoms in total. The molecule has 148 valence electrons. The number of unbranched alkanes of at least 4 members (excludes halogenated alkanes) is 3. The molecule has 2 rings (SSSR count). The smallest absolute Gasteiger partial charge is 0.192 e. The Morgan fingerprint density at radius 2 is 1.58 bits per heavy atom. The molecule has 1 atom stereocenters. The zero-order valence-electron chi connectivity index (χ0n) is 17.2. The Balaban J connectivity index is 1.74. The number of nitrogens with one attached hydrogen (secondary N) is 4. The second-order valence-corrected chi connectivity index (χ2v) is 13.6. The van der Waals surface area contributed by atoms with Crippen LogP contribution in [0, 0.1) is 0 Å². The summed E-state index contributed by atoms with van der Waals surface area (Å²) < 4.78 is 6.70. The normalized spacial score (nSPS) is 17.6. The summed E-state index contributed by atoms with van der Waals surface area (Å²) in [6.45, 7) is 11.6. The van der Waals surface area contributed by atoms with Crippen molar-refractivity contribution >= 4 is 8.32 Å². The lowest BCUT2D eigenvalue weighted by atomic mass is 10.0. The molecule has 26 heavy (non-hydrogen) atoms. The highest BCUT2D eigenvalue weighted by molar-refractivity contribution is 6.74.